The number of nitrogens with zero attached hydrogens (tertiary/aromatic N) is 4. The lowest BCUT2D eigenvalue weighted by atomic mass is 10.2. The number of rotatable bonds is 14. The fourth-order valence-electron chi connectivity index (χ4n) is 3.56. The van der Waals surface area contributed by atoms with E-state index in [1.54, 1.807) is 24.4 Å². The summed E-state index contributed by atoms with van der Waals surface area (Å²) in [6, 6.07) is 8.86. The zero-order valence-corrected chi connectivity index (χ0v) is 21.9. The smallest absolute Gasteiger partial charge is 0.469 e. The Morgan fingerprint density at radius 1 is 1.10 bits per heavy atom. The minimum Gasteiger partial charge on any atom is -0.493 e. The van der Waals surface area contributed by atoms with E-state index in [1.807, 2.05) is 0 Å². The number of amides is 1. The number of nitrogens with one attached hydrogen (secondary N) is 3. The summed E-state index contributed by atoms with van der Waals surface area (Å²) in [5.41, 5.74) is 0.921. The molecule has 0 aliphatic heterocycles. The van der Waals surface area contributed by atoms with Crippen LogP contribution in [0.4, 0.5) is 26.0 Å². The summed E-state index contributed by atoms with van der Waals surface area (Å²) in [4.78, 5) is 38.1. The number of hydrogen-bond acceptors (Lipinski definition) is 9. The van der Waals surface area contributed by atoms with Gasteiger partial charge in [0.25, 0.3) is 0 Å². The number of ether oxygens (including phenoxy) is 1. The molecule has 0 radical (unpaired) electrons. The van der Waals surface area contributed by atoms with Crippen LogP contribution in [0.5, 0.6) is 5.75 Å². The highest BCUT2D eigenvalue weighted by Crippen LogP contribution is 2.35. The second kappa shape index (κ2) is 13.4. The fourth-order valence-corrected chi connectivity index (χ4v) is 3.89. The molecule has 40 heavy (non-hydrogen) atoms. The molecule has 13 nitrogen and oxygen atoms in total. The van der Waals surface area contributed by atoms with E-state index in [0.29, 0.717) is 54.3 Å². The zero-order valence-electron chi connectivity index (χ0n) is 21.0. The number of carbonyl (C=O) groups excluding carboxylic acids is 1. The molecule has 0 atom stereocenters. The summed E-state index contributed by atoms with van der Waals surface area (Å²) in [5, 5.41) is 13.3. The number of benzene rings is 2. The Labute approximate surface area is 226 Å². The van der Waals surface area contributed by atoms with Crippen LogP contribution in [0.15, 0.2) is 55.1 Å². The van der Waals surface area contributed by atoms with Gasteiger partial charge in [0.05, 0.1) is 36.3 Å². The first-order chi connectivity index (χ1) is 19.2. The standard InChI is InChI=1S/C24H26F2N7O6P/c25-19-3-1-4-20(23(19)26)32-22(34)14-33-13-16(12-30-33)31-24-18-6-5-17(11-21(18)28-15-29-24)38-9-2-7-27-8-10-39-40(35,36)37/h1,3-6,11-13,15,27H,2,7-10,14H2,(H,32,34)(H,28,29,31)(H2,35,36,37). The van der Waals surface area contributed by atoms with Gasteiger partial charge in [-0.25, -0.2) is 23.3 Å². The quantitative estimate of drug-likeness (QED) is 0.110. The van der Waals surface area contributed by atoms with Gasteiger partial charge < -0.3 is 30.5 Å². The highest BCUT2D eigenvalue weighted by atomic mass is 31.2. The van der Waals surface area contributed by atoms with Gasteiger partial charge in [0.15, 0.2) is 11.6 Å². The Hall–Kier alpha value is -4.01. The third-order valence-electron chi connectivity index (χ3n) is 5.34. The summed E-state index contributed by atoms with van der Waals surface area (Å²) in [6.45, 7) is 0.964. The Morgan fingerprint density at radius 3 is 2.77 bits per heavy atom. The molecule has 2 aromatic carbocycles. The second-order valence-electron chi connectivity index (χ2n) is 8.38. The molecular formula is C24H26F2N7O6P. The molecule has 5 N–H and O–H groups in total. The lowest BCUT2D eigenvalue weighted by Gasteiger charge is -2.10. The lowest BCUT2D eigenvalue weighted by Crippen LogP contribution is -2.21. The predicted molar refractivity (Wildman–Crippen MR) is 141 cm³/mol. The number of hydrogen-bond donors (Lipinski definition) is 5. The van der Waals surface area contributed by atoms with Gasteiger partial charge in [-0.05, 0) is 37.2 Å². The van der Waals surface area contributed by atoms with Crippen molar-refractivity contribution in [3.8, 4) is 5.75 Å². The first kappa shape index (κ1) is 29.0. The molecule has 1 amide bonds. The Morgan fingerprint density at radius 2 is 1.95 bits per heavy atom. The molecule has 2 heterocycles. The molecule has 2 aromatic heterocycles. The molecular weight excluding hydrogens is 551 g/mol. The van der Waals surface area contributed by atoms with Crippen molar-refractivity contribution in [1.82, 2.24) is 25.1 Å². The minimum absolute atomic E-state index is 0.0974. The average molecular weight is 577 g/mol. The molecule has 0 bridgehead atoms. The zero-order chi connectivity index (χ0) is 28.5. The van der Waals surface area contributed by atoms with Crippen LogP contribution in [0.2, 0.25) is 0 Å². The average Bonchev–Trinajstić information content (AvgIpc) is 3.34. The third-order valence-corrected chi connectivity index (χ3v) is 5.86. The van der Waals surface area contributed by atoms with Crippen molar-refractivity contribution in [3.05, 3.63) is 66.8 Å². The third kappa shape index (κ3) is 8.49. The van der Waals surface area contributed by atoms with Gasteiger partial charge in [-0.15, -0.1) is 0 Å². The van der Waals surface area contributed by atoms with Crippen LogP contribution in [0.3, 0.4) is 0 Å². The van der Waals surface area contributed by atoms with E-state index >= 15 is 0 Å². The highest BCUT2D eigenvalue weighted by Gasteiger charge is 2.13. The van der Waals surface area contributed by atoms with Crippen molar-refractivity contribution in [3.63, 3.8) is 0 Å². The van der Waals surface area contributed by atoms with Gasteiger partial charge in [0.2, 0.25) is 5.91 Å². The largest absolute Gasteiger partial charge is 0.493 e. The monoisotopic (exact) mass is 577 g/mol. The van der Waals surface area contributed by atoms with Crippen molar-refractivity contribution >= 4 is 41.8 Å². The number of fused-ring (bicyclic) bond motifs is 1. The van der Waals surface area contributed by atoms with Crippen LogP contribution in [0.25, 0.3) is 10.9 Å². The van der Waals surface area contributed by atoms with E-state index in [9.17, 15) is 18.1 Å². The summed E-state index contributed by atoms with van der Waals surface area (Å²) >= 11 is 0. The molecule has 0 unspecified atom stereocenters. The van der Waals surface area contributed by atoms with Crippen molar-refractivity contribution in [2.75, 3.05) is 36.9 Å². The Bertz CT molecular complexity index is 1520. The second-order valence-corrected chi connectivity index (χ2v) is 9.62. The Balaban J connectivity index is 1.27. The molecule has 0 fully saturated rings. The Kier molecular flexibility index (Phi) is 9.69. The summed E-state index contributed by atoms with van der Waals surface area (Å²) in [6.07, 6.45) is 5.11. The maximum atomic E-state index is 13.8. The number of anilines is 3. The predicted octanol–water partition coefficient (Wildman–Crippen LogP) is 2.95. The number of aromatic nitrogens is 4. The van der Waals surface area contributed by atoms with Gasteiger partial charge in [0, 0.05) is 24.2 Å². The summed E-state index contributed by atoms with van der Waals surface area (Å²) in [5.74, 6) is -1.66. The van der Waals surface area contributed by atoms with Gasteiger partial charge in [-0.3, -0.25) is 14.0 Å². The van der Waals surface area contributed by atoms with Crippen LogP contribution >= 0.6 is 7.82 Å². The maximum absolute atomic E-state index is 13.8. The van der Waals surface area contributed by atoms with Crippen LogP contribution in [0.1, 0.15) is 6.42 Å². The number of phosphoric acid groups is 1. The molecule has 0 aliphatic rings. The van der Waals surface area contributed by atoms with E-state index in [1.165, 1.54) is 29.3 Å². The van der Waals surface area contributed by atoms with Crippen molar-refractivity contribution in [1.29, 1.82) is 0 Å². The first-order valence-electron chi connectivity index (χ1n) is 12.0. The molecule has 0 spiro atoms. The molecule has 4 aromatic rings. The van der Waals surface area contributed by atoms with E-state index < -0.39 is 25.4 Å². The molecule has 0 aliphatic carbocycles. The van der Waals surface area contributed by atoms with E-state index in [4.69, 9.17) is 14.5 Å². The highest BCUT2D eigenvalue weighted by molar-refractivity contribution is 7.46. The van der Waals surface area contributed by atoms with E-state index in [-0.39, 0.29) is 18.8 Å². The van der Waals surface area contributed by atoms with Gasteiger partial charge in [-0.1, -0.05) is 6.07 Å². The molecule has 4 rings (SSSR count). The SMILES string of the molecule is O=C(Cn1cc(Nc2ncnc3cc(OCCCNCCOP(=O)(O)O)ccc23)cn1)Nc1cccc(F)c1F. The maximum Gasteiger partial charge on any atom is 0.469 e. The summed E-state index contributed by atoms with van der Waals surface area (Å²) < 4.78 is 49.2. The van der Waals surface area contributed by atoms with Crippen molar-refractivity contribution < 1.29 is 37.2 Å². The van der Waals surface area contributed by atoms with Gasteiger partial charge >= 0.3 is 7.82 Å². The molecule has 0 saturated carbocycles. The van der Waals surface area contributed by atoms with E-state index in [0.717, 1.165) is 6.07 Å². The first-order valence-corrected chi connectivity index (χ1v) is 13.5. The summed E-state index contributed by atoms with van der Waals surface area (Å²) in [7, 11) is -4.45. The van der Waals surface area contributed by atoms with Crippen molar-refractivity contribution in [2.45, 2.75) is 13.0 Å². The van der Waals surface area contributed by atoms with Crippen LogP contribution in [-0.2, 0) is 20.4 Å². The molecule has 0 saturated heterocycles. The van der Waals surface area contributed by atoms with Crippen LogP contribution < -0.4 is 20.7 Å². The lowest BCUT2D eigenvalue weighted by molar-refractivity contribution is -0.116. The normalized spacial score (nSPS) is 11.5. The topological polar surface area (TPSA) is 173 Å². The van der Waals surface area contributed by atoms with E-state index in [2.05, 4.69) is 35.5 Å². The van der Waals surface area contributed by atoms with Gasteiger partial charge in [0.1, 0.15) is 24.4 Å². The van der Waals surface area contributed by atoms with Crippen LogP contribution in [0, 0.1) is 11.6 Å². The number of carbonyl (C=O) groups is 1. The fraction of sp³-hybridized carbons (Fsp3) is 0.250. The van der Waals surface area contributed by atoms with Gasteiger partial charge in [-0.2, -0.15) is 5.10 Å². The number of phosphoric ester groups is 1. The molecule has 16 heteroatoms. The number of halogens is 2. The minimum atomic E-state index is -4.45. The molecule has 212 valence electrons. The van der Waals surface area contributed by atoms with Crippen LogP contribution in [-0.4, -0.2) is 61.7 Å². The van der Waals surface area contributed by atoms with Crippen molar-refractivity contribution in [2.24, 2.45) is 0 Å².